The molecule has 1 aromatic carbocycles. The fraction of sp³-hybridized carbons (Fsp3) is 0.667. The van der Waals surface area contributed by atoms with E-state index in [-0.39, 0.29) is 31.2 Å². The molecule has 158 valence electrons. The number of aliphatic imine (C=N–C) groups is 1. The van der Waals surface area contributed by atoms with Crippen molar-refractivity contribution in [3.63, 3.8) is 0 Å². The Balaban J connectivity index is 2.01. The lowest BCUT2D eigenvalue weighted by atomic mass is 10.1. The normalized spacial score (nSPS) is 21.8. The highest BCUT2D eigenvalue weighted by Gasteiger charge is 2.28. The molecule has 0 radical (unpaired) electrons. The van der Waals surface area contributed by atoms with E-state index in [9.17, 15) is 9.50 Å². The van der Waals surface area contributed by atoms with Crippen LogP contribution in [-0.2, 0) is 9.47 Å². The summed E-state index contributed by atoms with van der Waals surface area (Å²) in [7, 11) is 0. The number of benzene rings is 1. The highest BCUT2D eigenvalue weighted by molar-refractivity contribution is 5.80. The minimum Gasteiger partial charge on any atom is -0.389 e. The molecule has 0 aromatic heterocycles. The molecular weight excluding hydrogens is 361 g/mol. The van der Waals surface area contributed by atoms with Crippen LogP contribution in [0.2, 0.25) is 0 Å². The zero-order chi connectivity index (χ0) is 20.5. The minimum atomic E-state index is -0.640. The topological polar surface area (TPSA) is 66.3 Å². The maximum Gasteiger partial charge on any atom is 0.194 e. The van der Waals surface area contributed by atoms with E-state index in [1.807, 2.05) is 13.8 Å². The lowest BCUT2D eigenvalue weighted by molar-refractivity contribution is -0.0605. The number of ether oxygens (including phenoxy) is 2. The van der Waals surface area contributed by atoms with Gasteiger partial charge in [-0.2, -0.15) is 0 Å². The molecule has 2 rings (SSSR count). The molecule has 0 spiro atoms. The van der Waals surface area contributed by atoms with Crippen LogP contribution in [0.5, 0.6) is 0 Å². The van der Waals surface area contributed by atoms with Crippen molar-refractivity contribution in [1.29, 1.82) is 0 Å². The number of morpholine rings is 1. The smallest absolute Gasteiger partial charge is 0.194 e. The summed E-state index contributed by atoms with van der Waals surface area (Å²) in [5, 5.41) is 13.4. The van der Waals surface area contributed by atoms with E-state index in [1.165, 1.54) is 12.1 Å². The number of hydrogen-bond acceptors (Lipinski definition) is 4. The van der Waals surface area contributed by atoms with Gasteiger partial charge in [-0.3, -0.25) is 4.99 Å². The molecule has 0 bridgehead atoms. The number of nitrogens with one attached hydrogen (secondary N) is 1. The van der Waals surface area contributed by atoms with Crippen molar-refractivity contribution in [1.82, 2.24) is 10.2 Å². The predicted molar refractivity (Wildman–Crippen MR) is 109 cm³/mol. The number of hydrogen-bond donors (Lipinski definition) is 2. The summed E-state index contributed by atoms with van der Waals surface area (Å²) < 4.78 is 24.8. The van der Waals surface area contributed by atoms with Crippen LogP contribution in [0.4, 0.5) is 4.39 Å². The first-order valence-corrected chi connectivity index (χ1v) is 10.1. The zero-order valence-electron chi connectivity index (χ0n) is 17.4. The monoisotopic (exact) mass is 395 g/mol. The van der Waals surface area contributed by atoms with Gasteiger partial charge in [0.1, 0.15) is 11.9 Å². The second-order valence-corrected chi connectivity index (χ2v) is 7.67. The lowest BCUT2D eigenvalue weighted by Gasteiger charge is -2.38. The van der Waals surface area contributed by atoms with Crippen LogP contribution in [0, 0.1) is 11.7 Å². The number of guanidine groups is 1. The molecule has 1 aliphatic heterocycles. The van der Waals surface area contributed by atoms with Crippen molar-refractivity contribution >= 4 is 5.96 Å². The first kappa shape index (κ1) is 22.6. The molecule has 7 heteroatoms. The van der Waals surface area contributed by atoms with Gasteiger partial charge in [0, 0.05) is 19.7 Å². The van der Waals surface area contributed by atoms with Crippen molar-refractivity contribution in [2.24, 2.45) is 10.9 Å². The molecule has 3 atom stereocenters. The van der Waals surface area contributed by atoms with E-state index in [2.05, 4.69) is 29.1 Å². The zero-order valence-corrected chi connectivity index (χ0v) is 17.4. The molecular formula is C21H34FN3O3. The second kappa shape index (κ2) is 11.3. The van der Waals surface area contributed by atoms with Gasteiger partial charge in [-0.25, -0.2) is 4.39 Å². The van der Waals surface area contributed by atoms with Gasteiger partial charge in [-0.1, -0.05) is 26.0 Å². The molecule has 1 aliphatic rings. The summed E-state index contributed by atoms with van der Waals surface area (Å²) in [5.74, 6) is 0.923. The van der Waals surface area contributed by atoms with Crippen LogP contribution in [0.15, 0.2) is 29.3 Å². The van der Waals surface area contributed by atoms with Gasteiger partial charge in [0.05, 0.1) is 31.9 Å². The number of halogens is 1. The Bertz CT molecular complexity index is 609. The van der Waals surface area contributed by atoms with E-state index in [4.69, 9.17) is 9.47 Å². The van der Waals surface area contributed by atoms with Crippen LogP contribution in [0.3, 0.4) is 0 Å². The molecule has 3 unspecified atom stereocenters. The van der Waals surface area contributed by atoms with E-state index in [1.54, 1.807) is 12.1 Å². The number of aliphatic hydroxyl groups is 1. The Morgan fingerprint density at radius 2 is 2.04 bits per heavy atom. The van der Waals surface area contributed by atoms with Gasteiger partial charge in [0.15, 0.2) is 5.96 Å². The Labute approximate surface area is 167 Å². The van der Waals surface area contributed by atoms with E-state index in [0.717, 1.165) is 18.1 Å². The van der Waals surface area contributed by atoms with Crippen molar-refractivity contribution in [3.8, 4) is 0 Å². The van der Waals surface area contributed by atoms with Crippen LogP contribution < -0.4 is 5.32 Å². The van der Waals surface area contributed by atoms with Crippen molar-refractivity contribution in [2.45, 2.75) is 46.0 Å². The third-order valence-corrected chi connectivity index (χ3v) is 4.35. The third-order valence-electron chi connectivity index (χ3n) is 4.35. The molecule has 0 saturated carbocycles. The fourth-order valence-electron chi connectivity index (χ4n) is 3.10. The number of nitrogens with zero attached hydrogens (tertiary/aromatic N) is 2. The van der Waals surface area contributed by atoms with Gasteiger partial charge < -0.3 is 24.8 Å². The summed E-state index contributed by atoms with van der Waals surface area (Å²) in [5.41, 5.74) is 0.941. The Hall–Kier alpha value is -1.70. The van der Waals surface area contributed by atoms with Gasteiger partial charge in [0.25, 0.3) is 0 Å². The standard InChI is InChI=1S/C21H34FN3O3/c1-5-23-21(24-10-19(26)14-27-13-15(2)3)25-11-16(4)28-20(12-25)17-6-8-18(22)9-7-17/h6-9,15-16,19-20,26H,5,10-14H2,1-4H3,(H,23,24). The summed E-state index contributed by atoms with van der Waals surface area (Å²) in [4.78, 5) is 6.73. The van der Waals surface area contributed by atoms with Gasteiger partial charge in [-0.15, -0.1) is 0 Å². The van der Waals surface area contributed by atoms with Crippen molar-refractivity contribution in [3.05, 3.63) is 35.6 Å². The summed E-state index contributed by atoms with van der Waals surface area (Å²) >= 11 is 0. The molecule has 6 nitrogen and oxygen atoms in total. The molecule has 0 aliphatic carbocycles. The lowest BCUT2D eigenvalue weighted by Crippen LogP contribution is -2.51. The SMILES string of the molecule is CCNC(=NCC(O)COCC(C)C)N1CC(C)OC(c2ccc(F)cc2)C1. The molecule has 2 N–H and O–H groups in total. The molecule has 1 saturated heterocycles. The van der Waals surface area contributed by atoms with E-state index in [0.29, 0.717) is 25.6 Å². The van der Waals surface area contributed by atoms with Crippen LogP contribution in [-0.4, -0.2) is 67.6 Å². The summed E-state index contributed by atoms with van der Waals surface area (Å²) in [6.07, 6.45) is -0.793. The predicted octanol–water partition coefficient (Wildman–Crippen LogP) is 2.59. The van der Waals surface area contributed by atoms with Gasteiger partial charge >= 0.3 is 0 Å². The highest BCUT2D eigenvalue weighted by Crippen LogP contribution is 2.25. The minimum absolute atomic E-state index is 0.00644. The molecule has 1 fully saturated rings. The van der Waals surface area contributed by atoms with E-state index < -0.39 is 6.10 Å². The summed E-state index contributed by atoms with van der Waals surface area (Å²) in [6, 6.07) is 6.43. The second-order valence-electron chi connectivity index (χ2n) is 7.67. The molecule has 28 heavy (non-hydrogen) atoms. The molecule has 0 amide bonds. The maximum absolute atomic E-state index is 13.2. The number of aliphatic hydroxyl groups excluding tert-OH is 1. The fourth-order valence-corrected chi connectivity index (χ4v) is 3.10. The third kappa shape index (κ3) is 7.37. The molecule has 1 heterocycles. The first-order chi connectivity index (χ1) is 13.4. The van der Waals surface area contributed by atoms with Crippen LogP contribution in [0.1, 0.15) is 39.4 Å². The van der Waals surface area contributed by atoms with Crippen LogP contribution >= 0.6 is 0 Å². The van der Waals surface area contributed by atoms with Crippen molar-refractivity contribution < 1.29 is 19.0 Å². The van der Waals surface area contributed by atoms with Gasteiger partial charge in [0.2, 0.25) is 0 Å². The Morgan fingerprint density at radius 3 is 2.68 bits per heavy atom. The van der Waals surface area contributed by atoms with Gasteiger partial charge in [-0.05, 0) is 37.5 Å². The average molecular weight is 396 g/mol. The maximum atomic E-state index is 13.2. The Morgan fingerprint density at radius 1 is 1.32 bits per heavy atom. The highest BCUT2D eigenvalue weighted by atomic mass is 19.1. The molecule has 1 aromatic rings. The quantitative estimate of drug-likeness (QED) is 0.523. The van der Waals surface area contributed by atoms with Crippen molar-refractivity contribution in [2.75, 3.05) is 39.4 Å². The van der Waals surface area contributed by atoms with E-state index >= 15 is 0 Å². The average Bonchev–Trinajstić information content (AvgIpc) is 2.65. The summed E-state index contributed by atoms with van der Waals surface area (Å²) in [6.45, 7) is 11.4. The Kier molecular flexibility index (Phi) is 9.15. The van der Waals surface area contributed by atoms with Crippen LogP contribution in [0.25, 0.3) is 0 Å². The first-order valence-electron chi connectivity index (χ1n) is 10.1. The number of rotatable bonds is 8. The largest absolute Gasteiger partial charge is 0.389 e.